The van der Waals surface area contributed by atoms with E-state index in [0.717, 1.165) is 11.1 Å². The number of rotatable bonds is 0. The molecule has 2 aromatic rings. The van der Waals surface area contributed by atoms with Crippen LogP contribution in [0.1, 0.15) is 15.9 Å². The molecule has 0 N–H and O–H groups in total. The van der Waals surface area contributed by atoms with Crippen LogP contribution in [0.4, 0.5) is 0 Å². The second-order valence-electron chi connectivity index (χ2n) is 3.42. The predicted molar refractivity (Wildman–Crippen MR) is 57.8 cm³/mol. The monoisotopic (exact) mass is 200 g/mol. The molecule has 68 valence electrons. The lowest BCUT2D eigenvalue weighted by atomic mass is 9.91. The molecular weight excluding hydrogens is 192 g/mol. The van der Waals surface area contributed by atoms with E-state index < -0.39 is 0 Å². The van der Waals surface area contributed by atoms with Gasteiger partial charge in [0.15, 0.2) is 5.78 Å². The molecule has 1 aromatic heterocycles. The Balaban J connectivity index is 2.36. The Kier molecular flexibility index (Phi) is 1.58. The van der Waals surface area contributed by atoms with Crippen molar-refractivity contribution in [1.82, 2.24) is 0 Å². The number of carbonyl (C=O) groups is 1. The molecule has 14 heavy (non-hydrogen) atoms. The van der Waals surface area contributed by atoms with E-state index in [-0.39, 0.29) is 5.78 Å². The van der Waals surface area contributed by atoms with Gasteiger partial charge < -0.3 is 0 Å². The molecule has 0 fully saturated rings. The molecule has 1 aliphatic carbocycles. The molecule has 1 aliphatic rings. The molecule has 0 atom stereocenters. The van der Waals surface area contributed by atoms with Crippen LogP contribution >= 0.6 is 11.3 Å². The number of fused-ring (bicyclic) bond motifs is 3. The van der Waals surface area contributed by atoms with E-state index in [0.29, 0.717) is 6.42 Å². The zero-order valence-electron chi connectivity index (χ0n) is 7.49. The summed E-state index contributed by atoms with van der Waals surface area (Å²) in [5.74, 6) is 0.242. The van der Waals surface area contributed by atoms with E-state index in [4.69, 9.17) is 0 Å². The molecule has 3 rings (SSSR count). The first-order valence-corrected chi connectivity index (χ1v) is 5.43. The smallest absolute Gasteiger partial charge is 0.167 e. The molecule has 0 amide bonds. The number of carbonyl (C=O) groups excluding carboxylic acids is 1. The Morgan fingerprint density at radius 2 is 1.86 bits per heavy atom. The van der Waals surface area contributed by atoms with Crippen LogP contribution in [0.5, 0.6) is 0 Å². The number of ketones is 1. The highest BCUT2D eigenvalue weighted by molar-refractivity contribution is 7.13. The van der Waals surface area contributed by atoms with Gasteiger partial charge in [-0.2, -0.15) is 0 Å². The second kappa shape index (κ2) is 2.79. The minimum absolute atomic E-state index is 0.242. The first kappa shape index (κ1) is 7.94. The molecule has 1 aromatic carbocycles. The summed E-state index contributed by atoms with van der Waals surface area (Å²) in [6.45, 7) is 0. The van der Waals surface area contributed by atoms with Gasteiger partial charge in [-0.15, -0.1) is 11.3 Å². The Hall–Kier alpha value is -1.41. The van der Waals surface area contributed by atoms with E-state index in [1.54, 1.807) is 11.3 Å². The molecule has 0 saturated carbocycles. The lowest BCUT2D eigenvalue weighted by Crippen LogP contribution is -2.10. The summed E-state index contributed by atoms with van der Waals surface area (Å²) in [5.41, 5.74) is 3.16. The average molecular weight is 200 g/mol. The van der Waals surface area contributed by atoms with Crippen molar-refractivity contribution in [2.45, 2.75) is 6.42 Å². The largest absolute Gasteiger partial charge is 0.294 e. The predicted octanol–water partition coefficient (Wildman–Crippen LogP) is 3.15. The topological polar surface area (TPSA) is 17.1 Å². The van der Waals surface area contributed by atoms with Crippen LogP contribution in [0.25, 0.3) is 10.4 Å². The lowest BCUT2D eigenvalue weighted by Gasteiger charge is -2.14. The van der Waals surface area contributed by atoms with E-state index in [2.05, 4.69) is 5.38 Å². The lowest BCUT2D eigenvalue weighted by molar-refractivity contribution is 0.0992. The van der Waals surface area contributed by atoms with Gasteiger partial charge in [0.05, 0.1) is 0 Å². The first-order chi connectivity index (χ1) is 6.86. The van der Waals surface area contributed by atoms with E-state index in [1.807, 2.05) is 30.3 Å². The number of Topliss-reactive ketones (excluding diaryl/α,β-unsaturated/α-hetero) is 1. The van der Waals surface area contributed by atoms with Crippen LogP contribution in [0, 0.1) is 0 Å². The molecule has 2 heteroatoms. The summed E-state index contributed by atoms with van der Waals surface area (Å²) < 4.78 is 0. The number of thiophene rings is 1. The van der Waals surface area contributed by atoms with Crippen LogP contribution in [-0.2, 0) is 6.42 Å². The number of hydrogen-bond donors (Lipinski definition) is 0. The van der Waals surface area contributed by atoms with Crippen LogP contribution in [-0.4, -0.2) is 5.78 Å². The van der Waals surface area contributed by atoms with Crippen LogP contribution < -0.4 is 0 Å². The van der Waals surface area contributed by atoms with Gasteiger partial charge >= 0.3 is 0 Å². The molecular formula is C12H8OS. The Morgan fingerprint density at radius 3 is 2.71 bits per heavy atom. The van der Waals surface area contributed by atoms with E-state index in [1.165, 1.54) is 10.4 Å². The fourth-order valence-electron chi connectivity index (χ4n) is 1.90. The van der Waals surface area contributed by atoms with Gasteiger partial charge in [-0.3, -0.25) is 4.79 Å². The zero-order chi connectivity index (χ0) is 9.54. The van der Waals surface area contributed by atoms with Gasteiger partial charge in [0, 0.05) is 22.4 Å². The fraction of sp³-hybridized carbons (Fsp3) is 0.0833. The van der Waals surface area contributed by atoms with Crippen molar-refractivity contribution >= 4 is 17.1 Å². The van der Waals surface area contributed by atoms with Gasteiger partial charge in [-0.1, -0.05) is 24.3 Å². The summed E-state index contributed by atoms with van der Waals surface area (Å²) in [7, 11) is 0. The zero-order valence-corrected chi connectivity index (χ0v) is 8.30. The molecule has 0 saturated heterocycles. The maximum absolute atomic E-state index is 11.8. The van der Waals surface area contributed by atoms with Gasteiger partial charge in [-0.05, 0) is 17.0 Å². The van der Waals surface area contributed by atoms with Crippen molar-refractivity contribution in [3.8, 4) is 10.4 Å². The molecule has 1 heterocycles. The third-order valence-electron chi connectivity index (χ3n) is 2.57. The molecule has 0 bridgehead atoms. The Morgan fingerprint density at radius 1 is 1.07 bits per heavy atom. The normalized spacial score (nSPS) is 13.6. The van der Waals surface area contributed by atoms with Crippen molar-refractivity contribution < 1.29 is 4.79 Å². The summed E-state index contributed by atoms with van der Waals surface area (Å²) in [6, 6.07) is 9.91. The van der Waals surface area contributed by atoms with Gasteiger partial charge in [0.1, 0.15) is 0 Å². The van der Waals surface area contributed by atoms with Crippen molar-refractivity contribution in [3.63, 3.8) is 0 Å². The number of hydrogen-bond acceptors (Lipinski definition) is 2. The van der Waals surface area contributed by atoms with Crippen molar-refractivity contribution in [1.29, 1.82) is 0 Å². The van der Waals surface area contributed by atoms with Crippen molar-refractivity contribution in [2.24, 2.45) is 0 Å². The molecule has 0 spiro atoms. The SMILES string of the molecule is O=C1Cc2ccsc2-c2ccccc21. The van der Waals surface area contributed by atoms with E-state index >= 15 is 0 Å². The highest BCUT2D eigenvalue weighted by atomic mass is 32.1. The minimum atomic E-state index is 0.242. The second-order valence-corrected chi connectivity index (χ2v) is 4.34. The minimum Gasteiger partial charge on any atom is -0.294 e. The fourth-order valence-corrected chi connectivity index (χ4v) is 2.87. The highest BCUT2D eigenvalue weighted by Gasteiger charge is 2.22. The highest BCUT2D eigenvalue weighted by Crippen LogP contribution is 2.36. The molecule has 0 unspecified atom stereocenters. The standard InChI is InChI=1S/C12H8OS/c13-11-7-8-5-6-14-12(8)10-4-2-1-3-9(10)11/h1-6H,7H2. The molecule has 1 nitrogen and oxygen atoms in total. The molecule has 0 radical (unpaired) electrons. The van der Waals surface area contributed by atoms with Crippen LogP contribution in [0.15, 0.2) is 35.7 Å². The van der Waals surface area contributed by atoms with Crippen LogP contribution in [0.2, 0.25) is 0 Å². The first-order valence-electron chi connectivity index (χ1n) is 4.55. The van der Waals surface area contributed by atoms with Gasteiger partial charge in [-0.25, -0.2) is 0 Å². The molecule has 0 aliphatic heterocycles. The van der Waals surface area contributed by atoms with Gasteiger partial charge in [0.2, 0.25) is 0 Å². The summed E-state index contributed by atoms with van der Waals surface area (Å²) in [5, 5.41) is 2.06. The van der Waals surface area contributed by atoms with Crippen molar-refractivity contribution in [2.75, 3.05) is 0 Å². The van der Waals surface area contributed by atoms with Crippen molar-refractivity contribution in [3.05, 3.63) is 46.8 Å². The quantitative estimate of drug-likeness (QED) is 0.638. The average Bonchev–Trinajstić information content (AvgIpc) is 2.66. The Bertz CT molecular complexity index is 511. The maximum atomic E-state index is 11.8. The number of benzene rings is 1. The van der Waals surface area contributed by atoms with E-state index in [9.17, 15) is 4.79 Å². The van der Waals surface area contributed by atoms with Gasteiger partial charge in [0.25, 0.3) is 0 Å². The third kappa shape index (κ3) is 0.976. The summed E-state index contributed by atoms with van der Waals surface area (Å²) in [6.07, 6.45) is 0.565. The summed E-state index contributed by atoms with van der Waals surface area (Å²) in [4.78, 5) is 13.0. The van der Waals surface area contributed by atoms with Crippen LogP contribution in [0.3, 0.4) is 0 Å². The Labute approximate surface area is 86.0 Å². The summed E-state index contributed by atoms with van der Waals surface area (Å²) >= 11 is 1.72. The third-order valence-corrected chi connectivity index (χ3v) is 3.56. The maximum Gasteiger partial charge on any atom is 0.167 e.